The van der Waals surface area contributed by atoms with Gasteiger partial charge in [-0.3, -0.25) is 4.79 Å². The van der Waals surface area contributed by atoms with Gasteiger partial charge in [0, 0.05) is 9.26 Å². The van der Waals surface area contributed by atoms with Gasteiger partial charge in [0.2, 0.25) is 0 Å². The first-order valence-electron chi connectivity index (χ1n) is 6.72. The van der Waals surface area contributed by atoms with Crippen LogP contribution in [0, 0.1) is 3.57 Å². The first-order valence-corrected chi connectivity index (χ1v) is 7.79. The number of anilines is 1. The van der Waals surface area contributed by atoms with Gasteiger partial charge in [-0.2, -0.15) is 0 Å². The summed E-state index contributed by atoms with van der Waals surface area (Å²) >= 11 is 2.20. The van der Waals surface area contributed by atoms with Gasteiger partial charge in [0.05, 0.1) is 12.7 Å². The summed E-state index contributed by atoms with van der Waals surface area (Å²) in [5.74, 6) is -0.263. The van der Waals surface area contributed by atoms with Gasteiger partial charge in [0.1, 0.15) is 0 Å². The number of nitrogens with one attached hydrogen (secondary N) is 1. The summed E-state index contributed by atoms with van der Waals surface area (Å²) in [6.45, 7) is 0.588. The highest BCUT2D eigenvalue weighted by Crippen LogP contribution is 2.13. The fraction of sp³-hybridized carbons (Fsp3) is 0.0625. The Hall–Kier alpha value is -2.22. The summed E-state index contributed by atoms with van der Waals surface area (Å²) in [6.07, 6.45) is 1.65. The molecule has 5 nitrogen and oxygen atoms in total. The van der Waals surface area contributed by atoms with Crippen LogP contribution in [-0.2, 0) is 6.54 Å². The van der Waals surface area contributed by atoms with Crippen LogP contribution in [0.2, 0.25) is 0 Å². The summed E-state index contributed by atoms with van der Waals surface area (Å²) in [7, 11) is 0. The number of amides is 1. The molecule has 1 N–H and O–H groups in total. The van der Waals surface area contributed by atoms with Gasteiger partial charge < -0.3 is 5.32 Å². The maximum Gasteiger partial charge on any atom is 0.277 e. The van der Waals surface area contributed by atoms with Gasteiger partial charge in [-0.05, 0) is 46.4 Å². The second-order valence-corrected chi connectivity index (χ2v) is 6.00. The van der Waals surface area contributed by atoms with Gasteiger partial charge in [-0.25, -0.2) is 4.68 Å². The fourth-order valence-corrected chi connectivity index (χ4v) is 2.55. The molecule has 0 unspecified atom stereocenters. The van der Waals surface area contributed by atoms with Crippen molar-refractivity contribution in [2.45, 2.75) is 6.54 Å². The molecular weight excluding hydrogens is 391 g/mol. The highest BCUT2D eigenvalue weighted by Gasteiger charge is 2.11. The lowest BCUT2D eigenvalue weighted by Gasteiger charge is -2.02. The molecule has 110 valence electrons. The molecule has 1 heterocycles. The number of benzene rings is 2. The molecule has 6 heteroatoms. The third-order valence-corrected chi connectivity index (χ3v) is 3.71. The second-order valence-electron chi connectivity index (χ2n) is 4.75. The number of carbonyl (C=O) groups is 1. The zero-order chi connectivity index (χ0) is 15.4. The summed E-state index contributed by atoms with van der Waals surface area (Å²) in [6, 6.07) is 17.5. The normalized spacial score (nSPS) is 10.4. The monoisotopic (exact) mass is 404 g/mol. The van der Waals surface area contributed by atoms with Crippen LogP contribution in [0.4, 0.5) is 5.69 Å². The Balaban J connectivity index is 1.69. The number of rotatable bonds is 4. The third kappa shape index (κ3) is 3.70. The molecule has 0 spiro atoms. The topological polar surface area (TPSA) is 59.8 Å². The number of hydrogen-bond acceptors (Lipinski definition) is 3. The van der Waals surface area contributed by atoms with E-state index in [0.717, 1.165) is 14.8 Å². The Kier molecular flexibility index (Phi) is 4.47. The smallest absolute Gasteiger partial charge is 0.277 e. The average Bonchev–Trinajstić information content (AvgIpc) is 2.97. The van der Waals surface area contributed by atoms with Crippen LogP contribution in [0.5, 0.6) is 0 Å². The lowest BCUT2D eigenvalue weighted by atomic mass is 10.2. The van der Waals surface area contributed by atoms with E-state index < -0.39 is 0 Å². The zero-order valence-corrected chi connectivity index (χ0v) is 13.8. The van der Waals surface area contributed by atoms with Gasteiger partial charge in [0.25, 0.3) is 5.91 Å². The largest absolute Gasteiger partial charge is 0.321 e. The van der Waals surface area contributed by atoms with Crippen molar-refractivity contribution in [2.75, 3.05) is 5.32 Å². The lowest BCUT2D eigenvalue weighted by Crippen LogP contribution is -2.12. The van der Waals surface area contributed by atoms with Crippen molar-refractivity contribution in [2.24, 2.45) is 0 Å². The molecule has 1 aromatic heterocycles. The predicted molar refractivity (Wildman–Crippen MR) is 92.7 cm³/mol. The third-order valence-electron chi connectivity index (χ3n) is 3.04. The first kappa shape index (κ1) is 14.7. The molecule has 22 heavy (non-hydrogen) atoms. The van der Waals surface area contributed by atoms with E-state index in [1.54, 1.807) is 10.9 Å². The van der Waals surface area contributed by atoms with Crippen molar-refractivity contribution < 1.29 is 4.79 Å². The molecule has 0 aliphatic heterocycles. The molecular formula is C16H13IN4O. The van der Waals surface area contributed by atoms with Crippen LogP contribution in [-0.4, -0.2) is 20.9 Å². The van der Waals surface area contributed by atoms with E-state index in [1.807, 2.05) is 54.6 Å². The maximum absolute atomic E-state index is 12.2. The summed E-state index contributed by atoms with van der Waals surface area (Å²) < 4.78 is 2.71. The molecule has 0 atom stereocenters. The Morgan fingerprint density at radius 3 is 2.73 bits per heavy atom. The Morgan fingerprint density at radius 1 is 1.14 bits per heavy atom. The number of nitrogens with zero attached hydrogens (tertiary/aromatic N) is 3. The molecule has 3 aromatic rings. The van der Waals surface area contributed by atoms with Crippen LogP contribution >= 0.6 is 22.6 Å². The highest BCUT2D eigenvalue weighted by molar-refractivity contribution is 14.1. The maximum atomic E-state index is 12.2. The van der Waals surface area contributed by atoms with Crippen molar-refractivity contribution in [3.05, 3.63) is 75.6 Å². The summed E-state index contributed by atoms with van der Waals surface area (Å²) in [5.41, 5.74) is 2.15. The van der Waals surface area contributed by atoms with E-state index in [-0.39, 0.29) is 5.91 Å². The second kappa shape index (κ2) is 6.69. The van der Waals surface area contributed by atoms with Crippen LogP contribution in [0.15, 0.2) is 60.8 Å². The highest BCUT2D eigenvalue weighted by atomic mass is 127. The van der Waals surface area contributed by atoms with E-state index in [9.17, 15) is 4.79 Å². The zero-order valence-electron chi connectivity index (χ0n) is 11.6. The Labute approximate surface area is 141 Å². The number of hydrogen-bond donors (Lipinski definition) is 1. The van der Waals surface area contributed by atoms with Gasteiger partial charge in [-0.1, -0.05) is 41.6 Å². The Bertz CT molecular complexity index is 786. The van der Waals surface area contributed by atoms with E-state index >= 15 is 0 Å². The first-order chi connectivity index (χ1) is 10.7. The summed E-state index contributed by atoms with van der Waals surface area (Å²) in [5, 5.41) is 10.7. The Morgan fingerprint density at radius 2 is 1.95 bits per heavy atom. The van der Waals surface area contributed by atoms with Crippen molar-refractivity contribution in [3.8, 4) is 0 Å². The molecule has 0 aliphatic rings. The molecule has 0 saturated heterocycles. The van der Waals surface area contributed by atoms with Crippen LogP contribution < -0.4 is 5.32 Å². The van der Waals surface area contributed by atoms with Gasteiger partial charge in [-0.15, -0.1) is 5.10 Å². The van der Waals surface area contributed by atoms with Crippen molar-refractivity contribution in [1.29, 1.82) is 0 Å². The van der Waals surface area contributed by atoms with Crippen molar-refractivity contribution in [1.82, 2.24) is 15.0 Å². The van der Waals surface area contributed by atoms with E-state index in [0.29, 0.717) is 12.2 Å². The van der Waals surface area contributed by atoms with E-state index in [2.05, 4.69) is 38.2 Å². The molecule has 3 rings (SSSR count). The van der Waals surface area contributed by atoms with Crippen LogP contribution in [0.1, 0.15) is 16.1 Å². The molecule has 0 saturated carbocycles. The molecule has 0 aliphatic carbocycles. The van der Waals surface area contributed by atoms with E-state index in [1.165, 1.54) is 0 Å². The number of halogens is 1. The van der Waals surface area contributed by atoms with Crippen molar-refractivity contribution in [3.63, 3.8) is 0 Å². The fourth-order valence-electron chi connectivity index (χ4n) is 2.01. The molecule has 0 radical (unpaired) electrons. The summed E-state index contributed by atoms with van der Waals surface area (Å²) in [4.78, 5) is 12.2. The van der Waals surface area contributed by atoms with Crippen molar-refractivity contribution >= 4 is 34.2 Å². The quantitative estimate of drug-likeness (QED) is 0.680. The van der Waals surface area contributed by atoms with E-state index in [4.69, 9.17) is 0 Å². The van der Waals surface area contributed by atoms with Crippen LogP contribution in [0.3, 0.4) is 0 Å². The minimum absolute atomic E-state index is 0.263. The SMILES string of the molecule is O=C(Nc1cccc(I)c1)c1cn(Cc2ccccc2)nn1. The minimum atomic E-state index is -0.263. The predicted octanol–water partition coefficient (Wildman–Crippen LogP) is 3.18. The standard InChI is InChI=1S/C16H13IN4O/c17-13-7-4-8-14(9-13)18-16(22)15-11-21(20-19-15)10-12-5-2-1-3-6-12/h1-9,11H,10H2,(H,18,22). The number of carbonyl (C=O) groups excluding carboxylic acids is 1. The molecule has 0 bridgehead atoms. The average molecular weight is 404 g/mol. The minimum Gasteiger partial charge on any atom is -0.321 e. The van der Waals surface area contributed by atoms with Crippen LogP contribution in [0.25, 0.3) is 0 Å². The number of aromatic nitrogens is 3. The molecule has 1 amide bonds. The molecule has 2 aromatic carbocycles. The molecule has 0 fully saturated rings. The lowest BCUT2D eigenvalue weighted by molar-refractivity contribution is 0.102. The van der Waals surface area contributed by atoms with Gasteiger partial charge >= 0.3 is 0 Å². The van der Waals surface area contributed by atoms with Gasteiger partial charge in [0.15, 0.2) is 5.69 Å².